The number of halogens is 2. The van der Waals surface area contributed by atoms with Gasteiger partial charge in [-0.15, -0.1) is 11.3 Å². The number of carboxylic acid groups (broad SMARTS) is 1. The Labute approximate surface area is 153 Å². The van der Waals surface area contributed by atoms with E-state index in [9.17, 15) is 13.6 Å². The van der Waals surface area contributed by atoms with E-state index in [1.54, 1.807) is 12.3 Å². The second-order valence-electron chi connectivity index (χ2n) is 6.24. The van der Waals surface area contributed by atoms with E-state index in [4.69, 9.17) is 5.11 Å². The van der Waals surface area contributed by atoms with Gasteiger partial charge in [-0.3, -0.25) is 4.79 Å². The van der Waals surface area contributed by atoms with Crippen molar-refractivity contribution in [1.29, 1.82) is 0 Å². The quantitative estimate of drug-likeness (QED) is 0.533. The summed E-state index contributed by atoms with van der Waals surface area (Å²) in [4.78, 5) is 11.8. The van der Waals surface area contributed by atoms with E-state index in [1.807, 2.05) is 5.38 Å². The lowest BCUT2D eigenvalue weighted by atomic mass is 9.91. The Morgan fingerprint density at radius 3 is 2.96 bits per heavy atom. The summed E-state index contributed by atoms with van der Waals surface area (Å²) in [6.45, 7) is 1.80. The maximum absolute atomic E-state index is 14.0. The minimum absolute atomic E-state index is 0.180. The Balaban J connectivity index is 1.60. The largest absolute Gasteiger partial charge is 0.481 e. The van der Waals surface area contributed by atoms with Gasteiger partial charge in [0.15, 0.2) is 0 Å². The van der Waals surface area contributed by atoms with E-state index in [1.165, 1.54) is 23.5 Å². The topological polar surface area (TPSA) is 73.7 Å². The molecule has 3 N–H and O–H groups in total. The Bertz CT molecular complexity index is 809. The highest BCUT2D eigenvalue weighted by molar-refractivity contribution is 7.12. The highest BCUT2D eigenvalue weighted by Gasteiger charge is 2.26. The SMILES string of the molecule is O=C(O)[C@H]1CNC[C@@H](CN/N=C/c2sccc2-c2ccc(F)cc2F)C1. The summed E-state index contributed by atoms with van der Waals surface area (Å²) in [7, 11) is 0. The number of piperidine rings is 1. The van der Waals surface area contributed by atoms with Crippen molar-refractivity contribution in [3.8, 4) is 11.1 Å². The number of nitrogens with one attached hydrogen (secondary N) is 2. The van der Waals surface area contributed by atoms with Crippen molar-refractivity contribution >= 4 is 23.5 Å². The molecule has 0 bridgehead atoms. The first-order valence-electron chi connectivity index (χ1n) is 8.27. The lowest BCUT2D eigenvalue weighted by molar-refractivity contribution is -0.142. The van der Waals surface area contributed by atoms with Crippen LogP contribution in [0.5, 0.6) is 0 Å². The molecular weight excluding hydrogens is 360 g/mol. The molecule has 3 rings (SSSR count). The molecule has 1 aromatic carbocycles. The fraction of sp³-hybridized carbons (Fsp3) is 0.333. The number of carboxylic acids is 1. The van der Waals surface area contributed by atoms with E-state index in [0.717, 1.165) is 17.5 Å². The van der Waals surface area contributed by atoms with Gasteiger partial charge < -0.3 is 15.8 Å². The van der Waals surface area contributed by atoms with Crippen LogP contribution in [0.3, 0.4) is 0 Å². The number of rotatable bonds is 6. The van der Waals surface area contributed by atoms with Gasteiger partial charge in [0.1, 0.15) is 11.6 Å². The number of nitrogens with zero attached hydrogens (tertiary/aromatic N) is 1. The van der Waals surface area contributed by atoms with Crippen molar-refractivity contribution in [2.24, 2.45) is 16.9 Å². The number of benzene rings is 1. The number of aliphatic carboxylic acids is 1. The van der Waals surface area contributed by atoms with Crippen LogP contribution in [-0.2, 0) is 4.79 Å². The molecule has 1 aliphatic rings. The molecule has 1 saturated heterocycles. The van der Waals surface area contributed by atoms with Crippen molar-refractivity contribution in [2.75, 3.05) is 19.6 Å². The second kappa shape index (κ2) is 8.37. The molecular formula is C18H19F2N3O2S. The molecule has 1 aromatic heterocycles. The lowest BCUT2D eigenvalue weighted by Crippen LogP contribution is -2.42. The molecule has 0 unspecified atom stereocenters. The zero-order chi connectivity index (χ0) is 18.5. The Hall–Kier alpha value is -2.32. The molecule has 2 heterocycles. The number of hydrogen-bond acceptors (Lipinski definition) is 5. The third-order valence-corrected chi connectivity index (χ3v) is 5.21. The van der Waals surface area contributed by atoms with E-state index in [2.05, 4.69) is 15.8 Å². The first kappa shape index (κ1) is 18.5. The molecule has 5 nitrogen and oxygen atoms in total. The fourth-order valence-corrected chi connectivity index (χ4v) is 3.78. The van der Waals surface area contributed by atoms with E-state index in [-0.39, 0.29) is 11.8 Å². The van der Waals surface area contributed by atoms with E-state index < -0.39 is 17.6 Å². The first-order valence-corrected chi connectivity index (χ1v) is 9.15. The predicted molar refractivity (Wildman–Crippen MR) is 97.4 cm³/mol. The minimum atomic E-state index is -0.782. The van der Waals surface area contributed by atoms with Crippen LogP contribution in [0.2, 0.25) is 0 Å². The summed E-state index contributed by atoms with van der Waals surface area (Å²) in [5, 5.41) is 18.2. The number of thiophene rings is 1. The summed E-state index contributed by atoms with van der Waals surface area (Å²) in [6.07, 6.45) is 2.21. The highest BCUT2D eigenvalue weighted by atomic mass is 32.1. The number of hydrazone groups is 1. The van der Waals surface area contributed by atoms with Crippen molar-refractivity contribution in [1.82, 2.24) is 10.7 Å². The molecule has 26 heavy (non-hydrogen) atoms. The third kappa shape index (κ3) is 4.44. The summed E-state index contributed by atoms with van der Waals surface area (Å²) in [5.74, 6) is -2.20. The summed E-state index contributed by atoms with van der Waals surface area (Å²) < 4.78 is 27.1. The van der Waals surface area contributed by atoms with Gasteiger partial charge in [0.2, 0.25) is 0 Å². The van der Waals surface area contributed by atoms with Gasteiger partial charge in [-0.1, -0.05) is 0 Å². The van der Waals surface area contributed by atoms with Gasteiger partial charge in [-0.25, -0.2) is 8.78 Å². The molecule has 1 aliphatic heterocycles. The van der Waals surface area contributed by atoms with Crippen LogP contribution in [0, 0.1) is 23.5 Å². The monoisotopic (exact) mass is 379 g/mol. The Morgan fingerprint density at radius 1 is 1.35 bits per heavy atom. The van der Waals surface area contributed by atoms with Crippen LogP contribution in [0.15, 0.2) is 34.7 Å². The van der Waals surface area contributed by atoms with Crippen molar-refractivity contribution in [3.63, 3.8) is 0 Å². The average Bonchev–Trinajstić information content (AvgIpc) is 3.07. The van der Waals surface area contributed by atoms with E-state index in [0.29, 0.717) is 30.6 Å². The highest BCUT2D eigenvalue weighted by Crippen LogP contribution is 2.29. The van der Waals surface area contributed by atoms with Crippen molar-refractivity contribution in [2.45, 2.75) is 6.42 Å². The van der Waals surface area contributed by atoms with Crippen LogP contribution in [-0.4, -0.2) is 36.9 Å². The smallest absolute Gasteiger partial charge is 0.307 e. The molecule has 0 amide bonds. The van der Waals surface area contributed by atoms with Gasteiger partial charge in [-0.2, -0.15) is 5.10 Å². The lowest BCUT2D eigenvalue weighted by Gasteiger charge is -2.27. The third-order valence-electron chi connectivity index (χ3n) is 4.36. The molecule has 0 aliphatic carbocycles. The van der Waals surface area contributed by atoms with Crippen LogP contribution in [0.4, 0.5) is 8.78 Å². The van der Waals surface area contributed by atoms with Gasteiger partial charge in [0.25, 0.3) is 0 Å². The molecule has 1 fully saturated rings. The molecule has 2 atom stereocenters. The normalized spacial score (nSPS) is 20.4. The minimum Gasteiger partial charge on any atom is -0.481 e. The van der Waals surface area contributed by atoms with Crippen molar-refractivity contribution < 1.29 is 18.7 Å². The fourth-order valence-electron chi connectivity index (χ4n) is 3.01. The zero-order valence-corrected chi connectivity index (χ0v) is 14.7. The van der Waals surface area contributed by atoms with Crippen LogP contribution < -0.4 is 10.7 Å². The zero-order valence-electron chi connectivity index (χ0n) is 13.9. The molecule has 2 aromatic rings. The van der Waals surface area contributed by atoms with Gasteiger partial charge in [-0.05, 0) is 42.5 Å². The van der Waals surface area contributed by atoms with E-state index >= 15 is 0 Å². The summed E-state index contributed by atoms with van der Waals surface area (Å²) in [6, 6.07) is 5.27. The van der Waals surface area contributed by atoms with Gasteiger partial charge in [0.05, 0.1) is 17.0 Å². The van der Waals surface area contributed by atoms with Crippen molar-refractivity contribution in [3.05, 3.63) is 46.2 Å². The maximum Gasteiger partial charge on any atom is 0.307 e. The standard InChI is InChI=1S/C18H19F2N3O2S/c19-13-1-2-14(16(20)6-13)15-3-4-26-17(15)10-23-22-8-11-5-12(18(24)25)9-21-7-11/h1-4,6,10-12,21-22H,5,7-9H2,(H,24,25)/b23-10+/t11-,12+/m0/s1. The van der Waals surface area contributed by atoms with Crippen LogP contribution in [0.1, 0.15) is 11.3 Å². The molecule has 0 spiro atoms. The van der Waals surface area contributed by atoms with Crippen LogP contribution in [0.25, 0.3) is 11.1 Å². The Kier molecular flexibility index (Phi) is 5.95. The average molecular weight is 379 g/mol. The summed E-state index contributed by atoms with van der Waals surface area (Å²) in [5.41, 5.74) is 3.93. The van der Waals surface area contributed by atoms with Gasteiger partial charge >= 0.3 is 5.97 Å². The molecule has 8 heteroatoms. The second-order valence-corrected chi connectivity index (χ2v) is 7.19. The Morgan fingerprint density at radius 2 is 2.19 bits per heavy atom. The predicted octanol–water partition coefficient (Wildman–Crippen LogP) is 2.93. The first-order chi connectivity index (χ1) is 12.5. The summed E-state index contributed by atoms with van der Waals surface area (Å²) >= 11 is 1.41. The number of carbonyl (C=O) groups is 1. The van der Waals surface area contributed by atoms with Crippen LogP contribution >= 0.6 is 11.3 Å². The molecule has 138 valence electrons. The number of hydrogen-bond donors (Lipinski definition) is 3. The maximum atomic E-state index is 14.0. The molecule has 0 saturated carbocycles. The molecule has 0 radical (unpaired) electrons. The van der Waals surface area contributed by atoms with Gasteiger partial charge in [0, 0.05) is 30.3 Å².